The van der Waals surface area contributed by atoms with Crippen LogP contribution >= 0.6 is 15.9 Å². The molecule has 0 aliphatic rings. The third-order valence-corrected chi connectivity index (χ3v) is 3.70. The molecule has 6 heteroatoms. The number of benzene rings is 1. The molecule has 0 saturated carbocycles. The zero-order chi connectivity index (χ0) is 14.6. The minimum absolute atomic E-state index is 0.0613. The lowest BCUT2D eigenvalue weighted by Gasteiger charge is -2.29. The van der Waals surface area contributed by atoms with E-state index in [1.165, 1.54) is 17.0 Å². The predicted octanol–water partition coefficient (Wildman–Crippen LogP) is 3.15. The zero-order valence-electron chi connectivity index (χ0n) is 10.7. The van der Waals surface area contributed by atoms with Crippen LogP contribution in [-0.4, -0.2) is 23.7 Å². The van der Waals surface area contributed by atoms with Gasteiger partial charge in [-0.05, 0) is 41.4 Å². The number of nitrogens with zero attached hydrogens (tertiary/aromatic N) is 2. The van der Waals surface area contributed by atoms with Crippen LogP contribution < -0.4 is 4.90 Å². The fraction of sp³-hybridized carbons (Fsp3) is 0.385. The fourth-order valence-electron chi connectivity index (χ4n) is 1.69. The molecule has 0 fully saturated rings. The normalized spacial score (nSPS) is 11.7. The van der Waals surface area contributed by atoms with Crippen molar-refractivity contribution < 1.29 is 14.3 Å². The average Bonchev–Trinajstić information content (AvgIpc) is 2.38. The van der Waals surface area contributed by atoms with Crippen molar-refractivity contribution in [1.29, 1.82) is 5.26 Å². The Morgan fingerprint density at radius 2 is 2.26 bits per heavy atom. The van der Waals surface area contributed by atoms with Crippen molar-refractivity contribution in [2.45, 2.75) is 26.3 Å². The summed E-state index contributed by atoms with van der Waals surface area (Å²) in [4.78, 5) is 12.4. The van der Waals surface area contributed by atoms with Crippen LogP contribution in [0.5, 0.6) is 0 Å². The highest BCUT2D eigenvalue weighted by Gasteiger charge is 2.22. The first-order chi connectivity index (χ1) is 8.92. The molecule has 0 heterocycles. The van der Waals surface area contributed by atoms with Crippen molar-refractivity contribution in [3.05, 3.63) is 28.0 Å². The minimum atomic E-state index is -1.03. The molecular formula is C13H14BrFN2O2. The van der Waals surface area contributed by atoms with Crippen LogP contribution in [0.25, 0.3) is 0 Å². The second-order valence-corrected chi connectivity index (χ2v) is 4.94. The van der Waals surface area contributed by atoms with Crippen LogP contribution in [0.4, 0.5) is 10.1 Å². The van der Waals surface area contributed by atoms with E-state index in [9.17, 15) is 9.18 Å². The van der Waals surface area contributed by atoms with Gasteiger partial charge in [-0.2, -0.15) is 5.26 Å². The number of hydrogen-bond acceptors (Lipinski definition) is 3. The first-order valence-electron chi connectivity index (χ1n) is 5.78. The first-order valence-corrected chi connectivity index (χ1v) is 6.58. The van der Waals surface area contributed by atoms with Gasteiger partial charge in [0.1, 0.15) is 12.6 Å². The highest BCUT2D eigenvalue weighted by atomic mass is 79.9. The van der Waals surface area contributed by atoms with Crippen LogP contribution in [0.2, 0.25) is 0 Å². The highest BCUT2D eigenvalue weighted by molar-refractivity contribution is 9.10. The molecule has 1 atom stereocenters. The van der Waals surface area contributed by atoms with E-state index in [1.807, 2.05) is 19.9 Å². The van der Waals surface area contributed by atoms with E-state index in [4.69, 9.17) is 10.4 Å². The summed E-state index contributed by atoms with van der Waals surface area (Å²) in [6.07, 6.45) is 0.685. The summed E-state index contributed by atoms with van der Waals surface area (Å²) in [6, 6.07) is 4.65. The summed E-state index contributed by atoms with van der Waals surface area (Å²) in [5, 5.41) is 17.7. The van der Waals surface area contributed by atoms with Gasteiger partial charge in [0.05, 0.1) is 15.7 Å². The second kappa shape index (κ2) is 6.53. The Morgan fingerprint density at radius 1 is 1.63 bits per heavy atom. The molecule has 1 N–H and O–H groups in total. The number of rotatable bonds is 5. The van der Waals surface area contributed by atoms with Crippen LogP contribution in [0, 0.1) is 17.1 Å². The number of anilines is 1. The first kappa shape index (κ1) is 15.4. The highest BCUT2D eigenvalue weighted by Crippen LogP contribution is 2.30. The number of aliphatic carboxylic acids is 1. The molecule has 0 aromatic heterocycles. The smallest absolute Gasteiger partial charge is 0.323 e. The number of carbonyl (C=O) groups is 1. The number of halogens is 2. The molecule has 1 aromatic carbocycles. The van der Waals surface area contributed by atoms with Crippen LogP contribution in [-0.2, 0) is 4.79 Å². The molecule has 0 radical (unpaired) electrons. The molecular weight excluding hydrogens is 315 g/mol. The van der Waals surface area contributed by atoms with Crippen molar-refractivity contribution >= 4 is 27.6 Å². The maximum atomic E-state index is 14.2. The van der Waals surface area contributed by atoms with E-state index in [0.717, 1.165) is 0 Å². The summed E-state index contributed by atoms with van der Waals surface area (Å²) in [7, 11) is 0. The lowest BCUT2D eigenvalue weighted by atomic mass is 10.1. The third kappa shape index (κ3) is 3.44. The van der Waals surface area contributed by atoms with E-state index in [0.29, 0.717) is 6.42 Å². The van der Waals surface area contributed by atoms with Gasteiger partial charge in [-0.3, -0.25) is 4.79 Å². The molecule has 4 nitrogen and oxygen atoms in total. The van der Waals surface area contributed by atoms with Gasteiger partial charge in [0.15, 0.2) is 5.82 Å². The molecule has 1 aromatic rings. The maximum absolute atomic E-state index is 14.2. The van der Waals surface area contributed by atoms with Gasteiger partial charge in [0.2, 0.25) is 0 Å². The Morgan fingerprint density at radius 3 is 2.74 bits per heavy atom. The summed E-state index contributed by atoms with van der Waals surface area (Å²) >= 11 is 3.03. The molecule has 0 aliphatic heterocycles. The van der Waals surface area contributed by atoms with Crippen molar-refractivity contribution in [3.8, 4) is 6.07 Å². The van der Waals surface area contributed by atoms with Gasteiger partial charge in [-0.25, -0.2) is 4.39 Å². The Labute approximate surface area is 119 Å². The van der Waals surface area contributed by atoms with Gasteiger partial charge < -0.3 is 10.0 Å². The standard InChI is InChI=1S/C13H14BrFN2O2/c1-3-8(2)17(7-11(18)19)10-5-4-9(6-16)12(14)13(10)15/h4-5,8H,3,7H2,1-2H3,(H,18,19). The average molecular weight is 329 g/mol. The number of carboxylic acids is 1. The lowest BCUT2D eigenvalue weighted by Crippen LogP contribution is -2.37. The number of carboxylic acid groups (broad SMARTS) is 1. The van der Waals surface area contributed by atoms with Crippen molar-refractivity contribution in [3.63, 3.8) is 0 Å². The maximum Gasteiger partial charge on any atom is 0.323 e. The third-order valence-electron chi connectivity index (χ3n) is 2.92. The molecule has 0 spiro atoms. The van der Waals surface area contributed by atoms with Crippen LogP contribution in [0.15, 0.2) is 16.6 Å². The van der Waals surface area contributed by atoms with E-state index < -0.39 is 11.8 Å². The van der Waals surface area contributed by atoms with Gasteiger partial charge >= 0.3 is 5.97 Å². The molecule has 102 valence electrons. The molecule has 0 aliphatic carbocycles. The largest absolute Gasteiger partial charge is 0.480 e. The van der Waals surface area contributed by atoms with E-state index >= 15 is 0 Å². The molecule has 1 rings (SSSR count). The number of nitriles is 1. The Kier molecular flexibility index (Phi) is 5.31. The van der Waals surface area contributed by atoms with Crippen molar-refractivity contribution in [2.75, 3.05) is 11.4 Å². The zero-order valence-corrected chi connectivity index (χ0v) is 12.2. The quantitative estimate of drug-likeness (QED) is 0.901. The topological polar surface area (TPSA) is 64.3 Å². The second-order valence-electron chi connectivity index (χ2n) is 4.15. The van der Waals surface area contributed by atoms with Crippen molar-refractivity contribution in [1.82, 2.24) is 0 Å². The SMILES string of the molecule is CCC(C)N(CC(=O)O)c1ccc(C#N)c(Br)c1F. The molecule has 0 bridgehead atoms. The van der Waals surface area contributed by atoms with Gasteiger partial charge in [0, 0.05) is 6.04 Å². The van der Waals surface area contributed by atoms with Crippen molar-refractivity contribution in [2.24, 2.45) is 0 Å². The Hall–Kier alpha value is -1.61. The summed E-state index contributed by atoms with van der Waals surface area (Å²) in [5.74, 6) is -1.64. The van der Waals surface area contributed by atoms with E-state index in [2.05, 4.69) is 15.9 Å². The molecule has 1 unspecified atom stereocenters. The molecule has 0 amide bonds. The van der Waals surface area contributed by atoms with E-state index in [1.54, 1.807) is 0 Å². The van der Waals surface area contributed by atoms with E-state index in [-0.39, 0.29) is 28.3 Å². The Bertz CT molecular complexity index is 528. The summed E-state index contributed by atoms with van der Waals surface area (Å²) in [5.41, 5.74) is 0.364. The van der Waals surface area contributed by atoms with Gasteiger partial charge in [0.25, 0.3) is 0 Å². The number of hydrogen-bond donors (Lipinski definition) is 1. The molecule has 0 saturated heterocycles. The summed E-state index contributed by atoms with van der Waals surface area (Å²) < 4.78 is 14.3. The van der Waals surface area contributed by atoms with Gasteiger partial charge in [-0.15, -0.1) is 0 Å². The summed E-state index contributed by atoms with van der Waals surface area (Å²) in [6.45, 7) is 3.44. The molecule has 19 heavy (non-hydrogen) atoms. The fourth-order valence-corrected chi connectivity index (χ4v) is 2.12. The minimum Gasteiger partial charge on any atom is -0.480 e. The monoisotopic (exact) mass is 328 g/mol. The lowest BCUT2D eigenvalue weighted by molar-refractivity contribution is -0.135. The Balaban J connectivity index is 3.27. The van der Waals surface area contributed by atoms with Crippen LogP contribution in [0.3, 0.4) is 0 Å². The van der Waals surface area contributed by atoms with Gasteiger partial charge in [-0.1, -0.05) is 6.92 Å². The van der Waals surface area contributed by atoms with Crippen LogP contribution in [0.1, 0.15) is 25.8 Å². The predicted molar refractivity (Wildman–Crippen MR) is 73.5 cm³/mol.